The minimum atomic E-state index is -0.110. The van der Waals surface area contributed by atoms with Gasteiger partial charge in [0, 0.05) is 18.0 Å². The molecule has 2 N–H and O–H groups in total. The fourth-order valence-corrected chi connectivity index (χ4v) is 3.30. The molecule has 0 heterocycles. The van der Waals surface area contributed by atoms with Crippen LogP contribution in [-0.2, 0) is 0 Å². The monoisotopic (exact) mass is 289 g/mol. The van der Waals surface area contributed by atoms with Crippen molar-refractivity contribution in [1.82, 2.24) is 5.32 Å². The van der Waals surface area contributed by atoms with Crippen molar-refractivity contribution in [2.45, 2.75) is 69.6 Å². The van der Waals surface area contributed by atoms with E-state index >= 15 is 0 Å². The van der Waals surface area contributed by atoms with Crippen LogP contribution in [0.4, 0.5) is 0 Å². The van der Waals surface area contributed by atoms with Crippen molar-refractivity contribution in [3.8, 4) is 5.75 Å². The summed E-state index contributed by atoms with van der Waals surface area (Å²) in [7, 11) is 0. The molecule has 1 aromatic rings. The van der Waals surface area contributed by atoms with Gasteiger partial charge in [-0.15, -0.1) is 0 Å². The standard InChI is InChI=1S/C18H27NO2/c1-13(2)14-4-3-5-16(10-14)21-17-8-9-18(11-17,12-20)19-15-6-7-15/h3-5,10,13,15,17,19-20H,6-9,11-12H2,1-2H3. The maximum absolute atomic E-state index is 9.78. The molecule has 0 bridgehead atoms. The smallest absolute Gasteiger partial charge is 0.120 e. The SMILES string of the molecule is CC(C)c1cccc(OC2CCC(CO)(NC3CC3)C2)c1. The lowest BCUT2D eigenvalue weighted by Crippen LogP contribution is -2.48. The molecule has 3 nitrogen and oxygen atoms in total. The van der Waals surface area contributed by atoms with Gasteiger partial charge in [-0.25, -0.2) is 0 Å². The number of rotatable bonds is 6. The number of ether oxygens (including phenoxy) is 1. The minimum absolute atomic E-state index is 0.110. The molecule has 2 aliphatic carbocycles. The zero-order valence-corrected chi connectivity index (χ0v) is 13.1. The summed E-state index contributed by atoms with van der Waals surface area (Å²) >= 11 is 0. The van der Waals surface area contributed by atoms with Crippen LogP contribution in [0.15, 0.2) is 24.3 Å². The van der Waals surface area contributed by atoms with E-state index in [0.717, 1.165) is 25.0 Å². The number of benzene rings is 1. The predicted octanol–water partition coefficient (Wildman–Crippen LogP) is 3.22. The number of aliphatic hydroxyl groups is 1. The zero-order valence-electron chi connectivity index (χ0n) is 13.1. The van der Waals surface area contributed by atoms with E-state index in [9.17, 15) is 5.11 Å². The average molecular weight is 289 g/mol. The highest BCUT2D eigenvalue weighted by Crippen LogP contribution is 2.36. The molecule has 3 heteroatoms. The molecule has 2 aliphatic rings. The molecule has 2 fully saturated rings. The third kappa shape index (κ3) is 3.58. The van der Waals surface area contributed by atoms with Crippen LogP contribution in [0.2, 0.25) is 0 Å². The molecular weight excluding hydrogens is 262 g/mol. The summed E-state index contributed by atoms with van der Waals surface area (Å²) in [6, 6.07) is 9.04. The Balaban J connectivity index is 1.62. The third-order valence-electron chi connectivity index (χ3n) is 4.78. The van der Waals surface area contributed by atoms with E-state index in [1.54, 1.807) is 0 Å². The van der Waals surface area contributed by atoms with Gasteiger partial charge in [0.15, 0.2) is 0 Å². The van der Waals surface area contributed by atoms with Gasteiger partial charge in [-0.3, -0.25) is 0 Å². The van der Waals surface area contributed by atoms with Gasteiger partial charge in [0.05, 0.1) is 6.61 Å². The summed E-state index contributed by atoms with van der Waals surface area (Å²) in [4.78, 5) is 0. The van der Waals surface area contributed by atoms with Gasteiger partial charge in [0.2, 0.25) is 0 Å². The molecule has 0 amide bonds. The topological polar surface area (TPSA) is 41.5 Å². The van der Waals surface area contributed by atoms with Crippen molar-refractivity contribution >= 4 is 0 Å². The molecule has 2 unspecified atom stereocenters. The molecule has 0 aromatic heterocycles. The van der Waals surface area contributed by atoms with Gasteiger partial charge in [-0.2, -0.15) is 0 Å². The molecule has 2 saturated carbocycles. The Bertz CT molecular complexity index is 484. The quantitative estimate of drug-likeness (QED) is 0.845. The van der Waals surface area contributed by atoms with E-state index in [-0.39, 0.29) is 18.2 Å². The van der Waals surface area contributed by atoms with Gasteiger partial charge in [0.1, 0.15) is 11.9 Å². The summed E-state index contributed by atoms with van der Waals surface area (Å²) in [5, 5.41) is 13.4. The van der Waals surface area contributed by atoms with Crippen molar-refractivity contribution in [3.05, 3.63) is 29.8 Å². The molecule has 0 radical (unpaired) electrons. The van der Waals surface area contributed by atoms with Gasteiger partial charge in [0.25, 0.3) is 0 Å². The molecule has 0 saturated heterocycles. The number of hydrogen-bond donors (Lipinski definition) is 2. The van der Waals surface area contributed by atoms with E-state index in [4.69, 9.17) is 4.74 Å². The first-order valence-electron chi connectivity index (χ1n) is 8.25. The van der Waals surface area contributed by atoms with Gasteiger partial charge in [-0.1, -0.05) is 26.0 Å². The van der Waals surface area contributed by atoms with E-state index in [1.807, 2.05) is 6.07 Å². The minimum Gasteiger partial charge on any atom is -0.490 e. The fourth-order valence-electron chi connectivity index (χ4n) is 3.30. The summed E-state index contributed by atoms with van der Waals surface area (Å²) < 4.78 is 6.17. The molecule has 0 spiro atoms. The van der Waals surface area contributed by atoms with Crippen molar-refractivity contribution < 1.29 is 9.84 Å². The molecule has 21 heavy (non-hydrogen) atoms. The van der Waals surface area contributed by atoms with E-state index in [1.165, 1.54) is 18.4 Å². The van der Waals surface area contributed by atoms with Gasteiger partial charge >= 0.3 is 0 Å². The van der Waals surface area contributed by atoms with E-state index < -0.39 is 0 Å². The van der Waals surface area contributed by atoms with Gasteiger partial charge < -0.3 is 15.2 Å². The van der Waals surface area contributed by atoms with Crippen LogP contribution in [-0.4, -0.2) is 29.4 Å². The van der Waals surface area contributed by atoms with Crippen LogP contribution in [0.3, 0.4) is 0 Å². The second-order valence-electron chi connectivity index (χ2n) is 7.07. The maximum atomic E-state index is 9.78. The first-order valence-corrected chi connectivity index (χ1v) is 8.25. The molecule has 0 aliphatic heterocycles. The van der Waals surface area contributed by atoms with E-state index in [2.05, 4.69) is 37.4 Å². The first-order chi connectivity index (χ1) is 10.1. The molecule has 3 rings (SSSR count). The van der Waals surface area contributed by atoms with Crippen molar-refractivity contribution in [3.63, 3.8) is 0 Å². The largest absolute Gasteiger partial charge is 0.490 e. The Morgan fingerprint density at radius 1 is 1.33 bits per heavy atom. The second kappa shape index (κ2) is 5.98. The van der Waals surface area contributed by atoms with Gasteiger partial charge in [-0.05, 0) is 49.3 Å². The van der Waals surface area contributed by atoms with Crippen LogP contribution in [0, 0.1) is 0 Å². The van der Waals surface area contributed by atoms with Crippen molar-refractivity contribution in [2.75, 3.05) is 6.61 Å². The Hall–Kier alpha value is -1.06. The molecule has 1 aromatic carbocycles. The van der Waals surface area contributed by atoms with Crippen LogP contribution < -0.4 is 10.1 Å². The van der Waals surface area contributed by atoms with Crippen molar-refractivity contribution in [1.29, 1.82) is 0 Å². The number of nitrogens with one attached hydrogen (secondary N) is 1. The summed E-state index contributed by atoms with van der Waals surface area (Å²) in [6.45, 7) is 4.62. The predicted molar refractivity (Wildman–Crippen MR) is 84.8 cm³/mol. The van der Waals surface area contributed by atoms with Crippen LogP contribution in [0.25, 0.3) is 0 Å². The normalized spacial score (nSPS) is 29.0. The lowest BCUT2D eigenvalue weighted by molar-refractivity contribution is 0.139. The Morgan fingerprint density at radius 3 is 2.81 bits per heavy atom. The fraction of sp³-hybridized carbons (Fsp3) is 0.667. The van der Waals surface area contributed by atoms with Crippen LogP contribution >= 0.6 is 0 Å². The lowest BCUT2D eigenvalue weighted by Gasteiger charge is -2.28. The Morgan fingerprint density at radius 2 is 2.14 bits per heavy atom. The summed E-state index contributed by atoms with van der Waals surface area (Å²) in [5.41, 5.74) is 1.21. The number of aliphatic hydroxyl groups excluding tert-OH is 1. The van der Waals surface area contributed by atoms with E-state index in [0.29, 0.717) is 12.0 Å². The Kier molecular flexibility index (Phi) is 4.23. The van der Waals surface area contributed by atoms with Crippen LogP contribution in [0.1, 0.15) is 57.4 Å². The first kappa shape index (κ1) is 14.9. The average Bonchev–Trinajstić information content (AvgIpc) is 3.19. The molecule has 2 atom stereocenters. The third-order valence-corrected chi connectivity index (χ3v) is 4.78. The summed E-state index contributed by atoms with van der Waals surface area (Å²) in [6.07, 6.45) is 5.66. The summed E-state index contributed by atoms with van der Waals surface area (Å²) in [5.74, 6) is 1.48. The maximum Gasteiger partial charge on any atom is 0.120 e. The highest BCUT2D eigenvalue weighted by molar-refractivity contribution is 5.30. The van der Waals surface area contributed by atoms with Crippen LogP contribution in [0.5, 0.6) is 5.75 Å². The highest BCUT2D eigenvalue weighted by Gasteiger charge is 2.42. The molecule has 116 valence electrons. The highest BCUT2D eigenvalue weighted by atomic mass is 16.5. The Labute approximate surface area is 127 Å². The number of hydrogen-bond acceptors (Lipinski definition) is 3. The zero-order chi connectivity index (χ0) is 14.9. The second-order valence-corrected chi connectivity index (χ2v) is 7.07. The lowest BCUT2D eigenvalue weighted by atomic mass is 9.98. The van der Waals surface area contributed by atoms with Crippen molar-refractivity contribution in [2.24, 2.45) is 0 Å². The molecular formula is C18H27NO2.